The highest BCUT2D eigenvalue weighted by Crippen LogP contribution is 2.38. The van der Waals surface area contributed by atoms with E-state index in [9.17, 15) is 13.2 Å². The van der Waals surface area contributed by atoms with Crippen LogP contribution in [0.4, 0.5) is 5.69 Å². The molecule has 3 rings (SSSR count). The van der Waals surface area contributed by atoms with Gasteiger partial charge >= 0.3 is 0 Å². The average molecular weight is 325 g/mol. The fourth-order valence-electron chi connectivity index (χ4n) is 2.42. The van der Waals surface area contributed by atoms with Gasteiger partial charge in [-0.2, -0.15) is 0 Å². The number of sulfonamides is 1. The van der Waals surface area contributed by atoms with E-state index in [1.807, 2.05) is 0 Å². The van der Waals surface area contributed by atoms with E-state index in [1.165, 1.54) is 12.1 Å². The molecule has 1 aliphatic heterocycles. The first-order chi connectivity index (χ1) is 10.5. The van der Waals surface area contributed by atoms with Crippen molar-refractivity contribution in [2.24, 2.45) is 11.7 Å². The van der Waals surface area contributed by atoms with Gasteiger partial charge in [-0.15, -0.1) is 0 Å². The lowest BCUT2D eigenvalue weighted by molar-refractivity contribution is -0.120. The Kier molecular flexibility index (Phi) is 4.07. The van der Waals surface area contributed by atoms with E-state index < -0.39 is 10.0 Å². The summed E-state index contributed by atoms with van der Waals surface area (Å²) in [6, 6.07) is 4.56. The van der Waals surface area contributed by atoms with Crippen molar-refractivity contribution in [3.63, 3.8) is 0 Å². The number of fused-ring (bicyclic) bond motifs is 1. The summed E-state index contributed by atoms with van der Waals surface area (Å²) < 4.78 is 32.3. The molecule has 1 aromatic rings. The number of anilines is 1. The molecule has 8 heteroatoms. The van der Waals surface area contributed by atoms with E-state index in [0.29, 0.717) is 24.6 Å². The van der Waals surface area contributed by atoms with Crippen molar-refractivity contribution in [1.29, 1.82) is 0 Å². The van der Waals surface area contributed by atoms with E-state index in [1.54, 1.807) is 11.0 Å². The lowest BCUT2D eigenvalue weighted by Gasteiger charge is -2.30. The lowest BCUT2D eigenvalue weighted by atomic mass is 10.2. The van der Waals surface area contributed by atoms with Gasteiger partial charge in [0.15, 0.2) is 0 Å². The van der Waals surface area contributed by atoms with Crippen molar-refractivity contribution < 1.29 is 17.9 Å². The summed E-state index contributed by atoms with van der Waals surface area (Å²) >= 11 is 0. The number of amides is 1. The summed E-state index contributed by atoms with van der Waals surface area (Å²) in [5.74, 6) is 0.661. The van der Waals surface area contributed by atoms with Gasteiger partial charge in [0.1, 0.15) is 12.4 Å². The SMILES string of the molecule is NCCNS(=O)(=O)c1ccc2c(c1)N(C(=O)C1CC1)CCO2. The molecule has 7 nitrogen and oxygen atoms in total. The molecule has 0 radical (unpaired) electrons. The normalized spacial score (nSPS) is 17.8. The third-order valence-corrected chi connectivity index (χ3v) is 5.19. The van der Waals surface area contributed by atoms with Crippen LogP contribution < -0.4 is 20.1 Å². The van der Waals surface area contributed by atoms with Crippen LogP contribution in [0.25, 0.3) is 0 Å². The summed E-state index contributed by atoms with van der Waals surface area (Å²) in [6.07, 6.45) is 1.81. The van der Waals surface area contributed by atoms with Crippen LogP contribution in [0.3, 0.4) is 0 Å². The molecule has 22 heavy (non-hydrogen) atoms. The van der Waals surface area contributed by atoms with E-state index in [2.05, 4.69) is 4.72 Å². The van der Waals surface area contributed by atoms with Gasteiger partial charge in [-0.3, -0.25) is 4.79 Å². The van der Waals surface area contributed by atoms with Crippen LogP contribution in [0.5, 0.6) is 5.75 Å². The third kappa shape index (κ3) is 2.94. The van der Waals surface area contributed by atoms with E-state index in [0.717, 1.165) is 12.8 Å². The first-order valence-electron chi connectivity index (χ1n) is 7.31. The topological polar surface area (TPSA) is 102 Å². The van der Waals surface area contributed by atoms with Gasteiger partial charge in [0.25, 0.3) is 0 Å². The highest BCUT2D eigenvalue weighted by molar-refractivity contribution is 7.89. The second-order valence-corrected chi connectivity index (χ2v) is 7.20. The van der Waals surface area contributed by atoms with Gasteiger partial charge in [-0.25, -0.2) is 13.1 Å². The minimum Gasteiger partial charge on any atom is -0.490 e. The molecule has 0 aromatic heterocycles. The van der Waals surface area contributed by atoms with E-state index in [4.69, 9.17) is 10.5 Å². The van der Waals surface area contributed by atoms with Gasteiger partial charge in [0.2, 0.25) is 15.9 Å². The van der Waals surface area contributed by atoms with Crippen molar-refractivity contribution in [3.8, 4) is 5.75 Å². The standard InChI is InChI=1S/C14H19N3O4S/c15-5-6-16-22(19,20)11-3-4-13-12(9-11)17(7-8-21-13)14(18)10-1-2-10/h3-4,9-10,16H,1-2,5-8,15H2. The maximum Gasteiger partial charge on any atom is 0.240 e. The van der Waals surface area contributed by atoms with Gasteiger partial charge in [0, 0.05) is 19.0 Å². The van der Waals surface area contributed by atoms with Crippen molar-refractivity contribution in [3.05, 3.63) is 18.2 Å². The molecule has 1 heterocycles. The minimum absolute atomic E-state index is 0.0500. The van der Waals surface area contributed by atoms with Crippen LogP contribution in [0, 0.1) is 5.92 Å². The highest BCUT2D eigenvalue weighted by atomic mass is 32.2. The summed E-state index contributed by atoms with van der Waals surface area (Å²) in [5.41, 5.74) is 5.85. The Balaban J connectivity index is 1.93. The van der Waals surface area contributed by atoms with Gasteiger partial charge in [-0.1, -0.05) is 0 Å². The largest absolute Gasteiger partial charge is 0.490 e. The predicted octanol–water partition coefficient (Wildman–Crippen LogP) is 0.0590. The molecule has 1 aliphatic carbocycles. The molecule has 1 amide bonds. The van der Waals surface area contributed by atoms with E-state index >= 15 is 0 Å². The molecule has 3 N–H and O–H groups in total. The third-order valence-electron chi connectivity index (χ3n) is 3.73. The number of ether oxygens (including phenoxy) is 1. The summed E-state index contributed by atoms with van der Waals surface area (Å²) in [5, 5.41) is 0. The number of benzene rings is 1. The Hall–Kier alpha value is -1.64. The Labute approximate surface area is 129 Å². The summed E-state index contributed by atoms with van der Waals surface area (Å²) in [4.78, 5) is 14.1. The number of hydrogen-bond donors (Lipinski definition) is 2. The highest BCUT2D eigenvalue weighted by Gasteiger charge is 2.36. The van der Waals surface area contributed by atoms with Crippen molar-refractivity contribution in [2.45, 2.75) is 17.7 Å². The molecule has 120 valence electrons. The molecule has 0 atom stereocenters. The quantitative estimate of drug-likeness (QED) is 0.797. The molecule has 0 unspecified atom stereocenters. The monoisotopic (exact) mass is 325 g/mol. The van der Waals surface area contributed by atoms with Crippen molar-refractivity contribution >= 4 is 21.6 Å². The Morgan fingerprint density at radius 3 is 2.86 bits per heavy atom. The zero-order valence-electron chi connectivity index (χ0n) is 12.1. The van der Waals surface area contributed by atoms with Gasteiger partial charge in [-0.05, 0) is 31.0 Å². The van der Waals surface area contributed by atoms with Crippen LogP contribution in [-0.2, 0) is 14.8 Å². The zero-order chi connectivity index (χ0) is 15.7. The van der Waals surface area contributed by atoms with E-state index in [-0.39, 0.29) is 29.8 Å². The Morgan fingerprint density at radius 1 is 1.41 bits per heavy atom. The van der Waals surface area contributed by atoms with Crippen LogP contribution in [0.1, 0.15) is 12.8 Å². The molecule has 0 spiro atoms. The minimum atomic E-state index is -3.63. The predicted molar refractivity (Wildman–Crippen MR) is 81.3 cm³/mol. The molecule has 0 saturated heterocycles. The summed E-state index contributed by atoms with van der Waals surface area (Å²) in [7, 11) is -3.63. The number of rotatable bonds is 5. The molecule has 1 fully saturated rings. The fourth-order valence-corrected chi connectivity index (χ4v) is 3.49. The second kappa shape index (κ2) is 5.86. The fraction of sp³-hybridized carbons (Fsp3) is 0.500. The zero-order valence-corrected chi connectivity index (χ0v) is 12.9. The molecule has 0 bridgehead atoms. The molecule has 2 aliphatic rings. The molecular weight excluding hydrogens is 306 g/mol. The first-order valence-corrected chi connectivity index (χ1v) is 8.79. The smallest absolute Gasteiger partial charge is 0.240 e. The first kappa shape index (κ1) is 15.3. The number of nitrogens with zero attached hydrogens (tertiary/aromatic N) is 1. The van der Waals surface area contributed by atoms with Crippen LogP contribution in [0.2, 0.25) is 0 Å². The second-order valence-electron chi connectivity index (χ2n) is 5.43. The number of nitrogens with one attached hydrogen (secondary N) is 1. The number of carbonyl (C=O) groups excluding carboxylic acids is 1. The lowest BCUT2D eigenvalue weighted by Crippen LogP contribution is -2.39. The number of hydrogen-bond acceptors (Lipinski definition) is 5. The van der Waals surface area contributed by atoms with Crippen molar-refractivity contribution in [2.75, 3.05) is 31.1 Å². The van der Waals surface area contributed by atoms with Crippen molar-refractivity contribution in [1.82, 2.24) is 4.72 Å². The number of nitrogens with two attached hydrogens (primary N) is 1. The maximum absolute atomic E-state index is 12.3. The maximum atomic E-state index is 12.3. The number of carbonyl (C=O) groups is 1. The Bertz CT molecular complexity index is 685. The molecular formula is C14H19N3O4S. The molecule has 1 saturated carbocycles. The van der Waals surface area contributed by atoms with Crippen LogP contribution >= 0.6 is 0 Å². The van der Waals surface area contributed by atoms with Crippen LogP contribution in [-0.4, -0.2) is 40.6 Å². The van der Waals surface area contributed by atoms with Crippen LogP contribution in [0.15, 0.2) is 23.1 Å². The Morgan fingerprint density at radius 2 is 2.18 bits per heavy atom. The van der Waals surface area contributed by atoms with Gasteiger partial charge in [0.05, 0.1) is 17.1 Å². The van der Waals surface area contributed by atoms with Gasteiger partial charge < -0.3 is 15.4 Å². The summed E-state index contributed by atoms with van der Waals surface area (Å²) in [6.45, 7) is 1.26. The average Bonchev–Trinajstić information content (AvgIpc) is 3.36. The molecule has 1 aromatic carbocycles.